The molecule has 9 heteroatoms. The lowest BCUT2D eigenvalue weighted by atomic mass is 10.1. The Hall–Kier alpha value is -2.26. The number of hydrogen-bond acceptors (Lipinski definition) is 6. The molecule has 1 saturated heterocycles. The summed E-state index contributed by atoms with van der Waals surface area (Å²) in [7, 11) is 0. The maximum absolute atomic E-state index is 13.3. The molecule has 1 unspecified atom stereocenters. The second kappa shape index (κ2) is 8.62. The largest absolute Gasteiger partial charge is 0.433 e. The molecule has 0 bridgehead atoms. The van der Waals surface area contributed by atoms with Crippen molar-refractivity contribution < 1.29 is 18.3 Å². The minimum absolute atomic E-state index is 0.0376. The number of piperidine rings is 1. The fourth-order valence-electron chi connectivity index (χ4n) is 3.11. The Morgan fingerprint density at radius 2 is 1.81 bits per heavy atom. The van der Waals surface area contributed by atoms with Crippen LogP contribution in [0.15, 0.2) is 30.6 Å². The monoisotopic (exact) mass is 381 g/mol. The average Bonchev–Trinajstić information content (AvgIpc) is 2.68. The molecule has 0 aliphatic carbocycles. The van der Waals surface area contributed by atoms with Gasteiger partial charge in [0.05, 0.1) is 12.6 Å². The Morgan fingerprint density at radius 3 is 2.44 bits per heavy atom. The molecule has 2 aromatic heterocycles. The predicted octanol–water partition coefficient (Wildman–Crippen LogP) is 2.82. The summed E-state index contributed by atoms with van der Waals surface area (Å²) in [5, 5.41) is 12.6. The lowest BCUT2D eigenvalue weighted by Gasteiger charge is -2.30. The zero-order valence-electron chi connectivity index (χ0n) is 14.8. The van der Waals surface area contributed by atoms with Gasteiger partial charge in [0.1, 0.15) is 5.82 Å². The Bertz CT molecular complexity index is 736. The second-order valence-electron chi connectivity index (χ2n) is 6.58. The van der Waals surface area contributed by atoms with Gasteiger partial charge in [-0.15, -0.1) is 0 Å². The zero-order chi connectivity index (χ0) is 19.3. The van der Waals surface area contributed by atoms with Crippen molar-refractivity contribution in [2.75, 3.05) is 31.6 Å². The quantitative estimate of drug-likeness (QED) is 0.802. The molecule has 0 radical (unpaired) electrons. The maximum atomic E-state index is 13.3. The first-order valence-electron chi connectivity index (χ1n) is 8.92. The van der Waals surface area contributed by atoms with Gasteiger partial charge in [0, 0.05) is 30.6 Å². The molecule has 1 aliphatic rings. The molecule has 0 spiro atoms. The number of rotatable bonds is 6. The van der Waals surface area contributed by atoms with E-state index < -0.39 is 17.9 Å². The number of anilines is 1. The summed E-state index contributed by atoms with van der Waals surface area (Å²) in [6, 6.07) is 3.57. The zero-order valence-corrected chi connectivity index (χ0v) is 14.8. The number of alkyl halides is 3. The number of aliphatic hydroxyl groups is 1. The van der Waals surface area contributed by atoms with Crippen molar-refractivity contribution in [3.05, 3.63) is 36.3 Å². The van der Waals surface area contributed by atoms with Gasteiger partial charge < -0.3 is 15.3 Å². The predicted molar refractivity (Wildman–Crippen MR) is 95.1 cm³/mol. The summed E-state index contributed by atoms with van der Waals surface area (Å²) in [6.45, 7) is 2.20. The number of pyridine rings is 1. The molecule has 27 heavy (non-hydrogen) atoms. The average molecular weight is 381 g/mol. The second-order valence-corrected chi connectivity index (χ2v) is 6.58. The molecule has 1 aliphatic heterocycles. The molecule has 0 aromatic carbocycles. The highest BCUT2D eigenvalue weighted by Gasteiger charge is 2.34. The van der Waals surface area contributed by atoms with Crippen molar-refractivity contribution in [1.82, 2.24) is 19.9 Å². The number of halogens is 3. The van der Waals surface area contributed by atoms with Crippen LogP contribution in [0.5, 0.6) is 0 Å². The molecule has 1 atom stereocenters. The van der Waals surface area contributed by atoms with E-state index in [1.807, 2.05) is 0 Å². The molecule has 0 amide bonds. The minimum atomic E-state index is -4.59. The number of nitrogens with zero attached hydrogens (tertiary/aromatic N) is 4. The standard InChI is InChI=1S/C18H22F3N5O/c19-18(20,21)15-10-16(25-17(24-15)13-4-6-22-7-5-13)23-14(12-27)11-26-8-2-1-3-9-26/h4-7,10,14,27H,1-3,8-9,11-12H2,(H,23,24,25). The SMILES string of the molecule is OCC(CN1CCCCC1)Nc1cc(C(F)(F)F)nc(-c2ccncc2)n1. The van der Waals surface area contributed by atoms with E-state index in [0.717, 1.165) is 32.0 Å². The third kappa shape index (κ3) is 5.36. The highest BCUT2D eigenvalue weighted by molar-refractivity contribution is 5.57. The van der Waals surface area contributed by atoms with E-state index in [1.165, 1.54) is 18.8 Å². The minimum Gasteiger partial charge on any atom is -0.394 e. The van der Waals surface area contributed by atoms with Gasteiger partial charge in [-0.2, -0.15) is 13.2 Å². The van der Waals surface area contributed by atoms with Crippen LogP contribution >= 0.6 is 0 Å². The normalized spacial score (nSPS) is 16.9. The first kappa shape index (κ1) is 19.5. The van der Waals surface area contributed by atoms with Gasteiger partial charge >= 0.3 is 6.18 Å². The summed E-state index contributed by atoms with van der Waals surface area (Å²) in [6.07, 6.45) is 1.72. The highest BCUT2D eigenvalue weighted by atomic mass is 19.4. The van der Waals surface area contributed by atoms with E-state index >= 15 is 0 Å². The van der Waals surface area contributed by atoms with Crippen molar-refractivity contribution >= 4 is 5.82 Å². The molecule has 6 nitrogen and oxygen atoms in total. The van der Waals surface area contributed by atoms with Gasteiger partial charge in [0.2, 0.25) is 0 Å². The molecule has 2 N–H and O–H groups in total. The van der Waals surface area contributed by atoms with Gasteiger partial charge in [-0.25, -0.2) is 9.97 Å². The summed E-state index contributed by atoms with van der Waals surface area (Å²) in [4.78, 5) is 13.9. The van der Waals surface area contributed by atoms with Crippen LogP contribution in [-0.2, 0) is 6.18 Å². The topological polar surface area (TPSA) is 74.2 Å². The Morgan fingerprint density at radius 1 is 1.11 bits per heavy atom. The summed E-state index contributed by atoms with van der Waals surface area (Å²) in [5.41, 5.74) is -0.586. The first-order chi connectivity index (χ1) is 13.0. The number of likely N-dealkylation sites (tertiary alicyclic amines) is 1. The van der Waals surface area contributed by atoms with E-state index in [4.69, 9.17) is 0 Å². The first-order valence-corrected chi connectivity index (χ1v) is 8.92. The molecule has 3 heterocycles. The number of nitrogens with one attached hydrogen (secondary N) is 1. The molecular formula is C18H22F3N5O. The third-order valence-electron chi connectivity index (χ3n) is 4.45. The van der Waals surface area contributed by atoms with Gasteiger partial charge in [0.25, 0.3) is 0 Å². The van der Waals surface area contributed by atoms with Crippen LogP contribution in [-0.4, -0.2) is 57.2 Å². The lowest BCUT2D eigenvalue weighted by molar-refractivity contribution is -0.141. The summed E-state index contributed by atoms with van der Waals surface area (Å²) >= 11 is 0. The van der Waals surface area contributed by atoms with E-state index in [1.54, 1.807) is 12.1 Å². The maximum Gasteiger partial charge on any atom is 0.433 e. The van der Waals surface area contributed by atoms with Gasteiger partial charge in [0.15, 0.2) is 11.5 Å². The number of aliphatic hydroxyl groups excluding tert-OH is 1. The fourth-order valence-corrected chi connectivity index (χ4v) is 3.11. The van der Waals surface area contributed by atoms with E-state index in [9.17, 15) is 18.3 Å². The van der Waals surface area contributed by atoms with Crippen LogP contribution in [0.3, 0.4) is 0 Å². The highest BCUT2D eigenvalue weighted by Crippen LogP contribution is 2.30. The van der Waals surface area contributed by atoms with Crippen LogP contribution in [0.25, 0.3) is 11.4 Å². The molecule has 1 fully saturated rings. The Kier molecular flexibility index (Phi) is 6.22. The fraction of sp³-hybridized carbons (Fsp3) is 0.500. The van der Waals surface area contributed by atoms with Crippen LogP contribution < -0.4 is 5.32 Å². The van der Waals surface area contributed by atoms with Crippen molar-refractivity contribution in [1.29, 1.82) is 0 Å². The summed E-state index contributed by atoms with van der Waals surface area (Å²) < 4.78 is 39.8. The van der Waals surface area contributed by atoms with Crippen LogP contribution in [0, 0.1) is 0 Å². The molecule has 3 rings (SSSR count). The van der Waals surface area contributed by atoms with Crippen LogP contribution in [0.1, 0.15) is 25.0 Å². The van der Waals surface area contributed by atoms with Gasteiger partial charge in [-0.05, 0) is 38.1 Å². The molecule has 146 valence electrons. The van der Waals surface area contributed by atoms with Gasteiger partial charge in [-0.1, -0.05) is 6.42 Å². The molecule has 0 saturated carbocycles. The van der Waals surface area contributed by atoms with E-state index in [0.29, 0.717) is 12.1 Å². The van der Waals surface area contributed by atoms with Crippen molar-refractivity contribution in [2.45, 2.75) is 31.5 Å². The van der Waals surface area contributed by atoms with Crippen molar-refractivity contribution in [3.63, 3.8) is 0 Å². The Balaban J connectivity index is 1.84. The lowest BCUT2D eigenvalue weighted by Crippen LogP contribution is -2.41. The number of hydrogen-bond donors (Lipinski definition) is 2. The van der Waals surface area contributed by atoms with E-state index in [-0.39, 0.29) is 18.2 Å². The molecule has 2 aromatic rings. The number of aromatic nitrogens is 3. The molecular weight excluding hydrogens is 359 g/mol. The van der Waals surface area contributed by atoms with Crippen molar-refractivity contribution in [3.8, 4) is 11.4 Å². The third-order valence-corrected chi connectivity index (χ3v) is 4.45. The van der Waals surface area contributed by atoms with Crippen LogP contribution in [0.2, 0.25) is 0 Å². The smallest absolute Gasteiger partial charge is 0.394 e. The van der Waals surface area contributed by atoms with Crippen molar-refractivity contribution in [2.24, 2.45) is 0 Å². The van der Waals surface area contributed by atoms with E-state index in [2.05, 4.69) is 25.2 Å². The summed E-state index contributed by atoms with van der Waals surface area (Å²) in [5.74, 6) is 0.00424. The Labute approximate surface area is 155 Å². The van der Waals surface area contributed by atoms with Gasteiger partial charge in [-0.3, -0.25) is 4.98 Å². The van der Waals surface area contributed by atoms with Crippen LogP contribution in [0.4, 0.5) is 19.0 Å².